The molecule has 1 aromatic carbocycles. The fraction of sp³-hybridized carbons (Fsp3) is 0.167. The van der Waals surface area contributed by atoms with E-state index in [2.05, 4.69) is 15.0 Å². The van der Waals surface area contributed by atoms with Gasteiger partial charge in [0.1, 0.15) is 23.0 Å². The maximum absolute atomic E-state index is 12.3. The fourth-order valence-electron chi connectivity index (χ4n) is 2.11. The summed E-state index contributed by atoms with van der Waals surface area (Å²) in [5.74, 6) is -0.884. The highest BCUT2D eigenvalue weighted by atomic mass is 32.2. The SMILES string of the molecule is COC(=O)c1ccc(C)c(NC(=O)CSc2nc(N)c(C#N)cc2C#N)c1. The van der Waals surface area contributed by atoms with Crippen molar-refractivity contribution in [3.63, 3.8) is 0 Å². The normalized spacial score (nSPS) is 9.78. The number of ether oxygens (including phenoxy) is 1. The molecule has 0 radical (unpaired) electrons. The number of esters is 1. The van der Waals surface area contributed by atoms with Gasteiger partial charge in [-0.1, -0.05) is 17.8 Å². The van der Waals surface area contributed by atoms with Crippen molar-refractivity contribution >= 4 is 35.1 Å². The summed E-state index contributed by atoms with van der Waals surface area (Å²) in [6, 6.07) is 9.96. The molecule has 0 fully saturated rings. The zero-order valence-corrected chi connectivity index (χ0v) is 15.4. The van der Waals surface area contributed by atoms with Crippen LogP contribution in [0.3, 0.4) is 0 Å². The van der Waals surface area contributed by atoms with Gasteiger partial charge in [0.05, 0.1) is 29.6 Å². The zero-order chi connectivity index (χ0) is 20.0. The number of benzene rings is 1. The van der Waals surface area contributed by atoms with Gasteiger partial charge in [0.15, 0.2) is 0 Å². The minimum absolute atomic E-state index is 0.000955. The van der Waals surface area contributed by atoms with Crippen LogP contribution in [0.5, 0.6) is 0 Å². The summed E-state index contributed by atoms with van der Waals surface area (Å²) in [6.45, 7) is 1.79. The molecule has 8 nitrogen and oxygen atoms in total. The highest BCUT2D eigenvalue weighted by Gasteiger charge is 2.14. The van der Waals surface area contributed by atoms with E-state index >= 15 is 0 Å². The number of nitriles is 2. The molecule has 2 rings (SSSR count). The van der Waals surface area contributed by atoms with Gasteiger partial charge in [-0.15, -0.1) is 0 Å². The second-order valence-corrected chi connectivity index (χ2v) is 6.32. The molecular weight excluding hydrogens is 366 g/mol. The Bertz CT molecular complexity index is 992. The number of anilines is 2. The fourth-order valence-corrected chi connectivity index (χ4v) is 2.87. The summed E-state index contributed by atoms with van der Waals surface area (Å²) in [6.07, 6.45) is 0. The molecule has 1 amide bonds. The number of carbonyl (C=O) groups is 2. The third-order valence-corrected chi connectivity index (χ3v) is 4.52. The summed E-state index contributed by atoms with van der Waals surface area (Å²) in [5, 5.41) is 21.1. The first-order valence-corrected chi connectivity index (χ1v) is 8.60. The molecule has 0 atom stereocenters. The molecule has 9 heteroatoms. The van der Waals surface area contributed by atoms with Crippen LogP contribution in [0, 0.1) is 29.6 Å². The maximum atomic E-state index is 12.3. The van der Waals surface area contributed by atoms with E-state index in [9.17, 15) is 14.9 Å². The Balaban J connectivity index is 2.12. The van der Waals surface area contributed by atoms with E-state index in [4.69, 9.17) is 11.0 Å². The average Bonchev–Trinajstić information content (AvgIpc) is 2.67. The Morgan fingerprint density at radius 2 is 1.96 bits per heavy atom. The lowest BCUT2D eigenvalue weighted by Crippen LogP contribution is -2.16. The molecule has 0 spiro atoms. The maximum Gasteiger partial charge on any atom is 0.337 e. The molecule has 136 valence electrons. The second-order valence-electron chi connectivity index (χ2n) is 5.36. The first-order chi connectivity index (χ1) is 12.9. The first-order valence-electron chi connectivity index (χ1n) is 7.62. The highest BCUT2D eigenvalue weighted by Crippen LogP contribution is 2.24. The van der Waals surface area contributed by atoms with E-state index < -0.39 is 5.97 Å². The van der Waals surface area contributed by atoms with Crippen LogP contribution in [-0.4, -0.2) is 29.7 Å². The number of thioether (sulfide) groups is 1. The number of pyridine rings is 1. The van der Waals surface area contributed by atoms with Crippen LogP contribution in [0.4, 0.5) is 11.5 Å². The molecule has 3 N–H and O–H groups in total. The largest absolute Gasteiger partial charge is 0.465 e. The van der Waals surface area contributed by atoms with Crippen LogP contribution in [0.25, 0.3) is 0 Å². The Morgan fingerprint density at radius 3 is 2.59 bits per heavy atom. The quantitative estimate of drug-likeness (QED) is 0.593. The molecular formula is C18H15N5O3S. The van der Waals surface area contributed by atoms with Crippen molar-refractivity contribution in [3.05, 3.63) is 46.5 Å². The smallest absolute Gasteiger partial charge is 0.337 e. The van der Waals surface area contributed by atoms with Gasteiger partial charge in [-0.25, -0.2) is 9.78 Å². The molecule has 1 heterocycles. The van der Waals surface area contributed by atoms with E-state index in [1.54, 1.807) is 19.1 Å². The third-order valence-electron chi connectivity index (χ3n) is 3.53. The van der Waals surface area contributed by atoms with Gasteiger partial charge in [0.25, 0.3) is 0 Å². The molecule has 2 aromatic rings. The topological polar surface area (TPSA) is 142 Å². The molecule has 0 aliphatic heterocycles. The number of nitrogen functional groups attached to an aromatic ring is 1. The number of carbonyl (C=O) groups excluding carboxylic acids is 2. The van der Waals surface area contributed by atoms with E-state index in [0.29, 0.717) is 11.3 Å². The number of aromatic nitrogens is 1. The molecule has 0 aliphatic carbocycles. The molecule has 27 heavy (non-hydrogen) atoms. The van der Waals surface area contributed by atoms with E-state index in [-0.39, 0.29) is 33.6 Å². The van der Waals surface area contributed by atoms with Gasteiger partial charge in [0, 0.05) is 5.69 Å². The number of nitrogens with zero attached hydrogens (tertiary/aromatic N) is 3. The number of hydrogen-bond acceptors (Lipinski definition) is 8. The van der Waals surface area contributed by atoms with Crippen molar-refractivity contribution in [2.75, 3.05) is 23.9 Å². The number of aryl methyl sites for hydroxylation is 1. The number of nitrogens with two attached hydrogens (primary N) is 1. The van der Waals surface area contributed by atoms with Crippen LogP contribution in [0.15, 0.2) is 29.3 Å². The predicted molar refractivity (Wildman–Crippen MR) is 100.0 cm³/mol. The summed E-state index contributed by atoms with van der Waals surface area (Å²) < 4.78 is 4.67. The lowest BCUT2D eigenvalue weighted by Gasteiger charge is -2.10. The molecule has 0 unspecified atom stereocenters. The van der Waals surface area contributed by atoms with Gasteiger partial charge in [-0.2, -0.15) is 10.5 Å². The Labute approximate surface area is 159 Å². The van der Waals surface area contributed by atoms with Gasteiger partial charge >= 0.3 is 5.97 Å². The second kappa shape index (κ2) is 8.70. The van der Waals surface area contributed by atoms with Gasteiger partial charge in [-0.05, 0) is 30.7 Å². The van der Waals surface area contributed by atoms with Gasteiger partial charge in [-0.3, -0.25) is 4.79 Å². The van der Waals surface area contributed by atoms with E-state index in [1.165, 1.54) is 19.2 Å². The van der Waals surface area contributed by atoms with Crippen molar-refractivity contribution in [3.8, 4) is 12.1 Å². The minimum atomic E-state index is -0.504. The zero-order valence-electron chi connectivity index (χ0n) is 14.6. The molecule has 1 aromatic heterocycles. The van der Waals surface area contributed by atoms with Gasteiger partial charge < -0.3 is 15.8 Å². The van der Waals surface area contributed by atoms with Crippen molar-refractivity contribution in [2.24, 2.45) is 0 Å². The van der Waals surface area contributed by atoms with Gasteiger partial charge in [0.2, 0.25) is 5.91 Å². The summed E-state index contributed by atoms with van der Waals surface area (Å²) >= 11 is 1.03. The average molecular weight is 381 g/mol. The first kappa shape index (κ1) is 19.8. The van der Waals surface area contributed by atoms with Crippen molar-refractivity contribution in [1.29, 1.82) is 10.5 Å². The van der Waals surface area contributed by atoms with Crippen LogP contribution in [-0.2, 0) is 9.53 Å². The van der Waals surface area contributed by atoms with Crippen LogP contribution >= 0.6 is 11.8 Å². The molecule has 0 aliphatic rings. The van der Waals surface area contributed by atoms with Crippen molar-refractivity contribution < 1.29 is 14.3 Å². The van der Waals surface area contributed by atoms with Crippen LogP contribution < -0.4 is 11.1 Å². The number of rotatable bonds is 5. The lowest BCUT2D eigenvalue weighted by molar-refractivity contribution is -0.113. The number of hydrogen-bond donors (Lipinski definition) is 2. The van der Waals surface area contributed by atoms with E-state index in [1.807, 2.05) is 12.1 Å². The Kier molecular flexibility index (Phi) is 6.36. The molecule has 0 bridgehead atoms. The number of amides is 1. The minimum Gasteiger partial charge on any atom is -0.465 e. The third kappa shape index (κ3) is 4.75. The number of nitrogens with one attached hydrogen (secondary N) is 1. The van der Waals surface area contributed by atoms with Crippen LogP contribution in [0.2, 0.25) is 0 Å². The van der Waals surface area contributed by atoms with E-state index in [0.717, 1.165) is 17.3 Å². The van der Waals surface area contributed by atoms with Crippen molar-refractivity contribution in [1.82, 2.24) is 4.98 Å². The standard InChI is InChI=1S/C18H15N5O3S/c1-10-3-4-11(18(25)26-2)6-14(10)22-15(24)9-27-17-13(8-20)5-12(7-19)16(21)23-17/h3-6H,9H2,1-2H3,(H2,21,23)(H,22,24). The summed E-state index contributed by atoms with van der Waals surface area (Å²) in [4.78, 5) is 27.9. The van der Waals surface area contributed by atoms with Crippen molar-refractivity contribution in [2.45, 2.75) is 11.9 Å². The highest BCUT2D eigenvalue weighted by molar-refractivity contribution is 8.00. The summed E-state index contributed by atoms with van der Waals surface area (Å²) in [7, 11) is 1.28. The number of methoxy groups -OCH3 is 1. The Morgan fingerprint density at radius 1 is 1.26 bits per heavy atom. The summed E-state index contributed by atoms with van der Waals surface area (Å²) in [5.41, 5.74) is 7.52. The monoisotopic (exact) mass is 381 g/mol. The lowest BCUT2D eigenvalue weighted by atomic mass is 10.1. The van der Waals surface area contributed by atoms with Crippen LogP contribution in [0.1, 0.15) is 27.0 Å². The predicted octanol–water partition coefficient (Wildman–Crippen LogP) is 2.23. The molecule has 0 saturated carbocycles. The molecule has 0 saturated heterocycles. The Hall–Kier alpha value is -3.56.